The lowest BCUT2D eigenvalue weighted by atomic mass is 9.90. The Morgan fingerprint density at radius 2 is 1.79 bits per heavy atom. The van der Waals surface area contributed by atoms with Crippen LogP contribution in [0.1, 0.15) is 32.3 Å². The zero-order chi connectivity index (χ0) is 16.8. The summed E-state index contributed by atoms with van der Waals surface area (Å²) in [6, 6.07) is 10.8. The minimum absolute atomic E-state index is 0.752. The molecule has 24 heavy (non-hydrogen) atoms. The van der Waals surface area contributed by atoms with Crippen LogP contribution in [0.15, 0.2) is 36.5 Å². The first-order valence-electron chi connectivity index (χ1n) is 9.03. The maximum absolute atomic E-state index is 4.73. The maximum Gasteiger partial charge on any atom is 0.247 e. The Balaban J connectivity index is 1.59. The molecule has 0 N–H and O–H groups in total. The van der Waals surface area contributed by atoms with Crippen molar-refractivity contribution in [2.45, 2.75) is 33.1 Å². The highest BCUT2D eigenvalue weighted by atomic mass is 15.3. The molecule has 5 heteroatoms. The number of benzene rings is 1. The van der Waals surface area contributed by atoms with Crippen LogP contribution in [0.4, 0.5) is 11.8 Å². The Labute approximate surface area is 144 Å². The first-order chi connectivity index (χ1) is 11.8. The number of rotatable bonds is 6. The summed E-state index contributed by atoms with van der Waals surface area (Å²) in [7, 11) is 0. The molecule has 0 bridgehead atoms. The zero-order valence-electron chi connectivity index (χ0n) is 14.7. The Morgan fingerprint density at radius 3 is 2.46 bits per heavy atom. The molecule has 128 valence electrons. The summed E-state index contributed by atoms with van der Waals surface area (Å²) in [4.78, 5) is 9.21. The van der Waals surface area contributed by atoms with E-state index < -0.39 is 0 Å². The third kappa shape index (κ3) is 4.02. The van der Waals surface area contributed by atoms with Crippen LogP contribution in [-0.2, 0) is 6.42 Å². The van der Waals surface area contributed by atoms with Gasteiger partial charge in [-0.05, 0) is 44.6 Å². The predicted molar refractivity (Wildman–Crippen MR) is 98.5 cm³/mol. The van der Waals surface area contributed by atoms with Gasteiger partial charge >= 0.3 is 0 Å². The second-order valence-electron chi connectivity index (χ2n) is 6.41. The second-order valence-corrected chi connectivity index (χ2v) is 6.41. The van der Waals surface area contributed by atoms with Crippen molar-refractivity contribution < 1.29 is 0 Å². The minimum Gasteiger partial charge on any atom is -0.356 e. The molecule has 3 rings (SSSR count). The molecule has 1 aromatic carbocycles. The Kier molecular flexibility index (Phi) is 5.62. The monoisotopic (exact) mass is 325 g/mol. The molecule has 1 aliphatic heterocycles. The summed E-state index contributed by atoms with van der Waals surface area (Å²) < 4.78 is 0. The van der Waals surface area contributed by atoms with Gasteiger partial charge in [-0.25, -0.2) is 0 Å². The van der Waals surface area contributed by atoms with Crippen LogP contribution in [-0.4, -0.2) is 41.4 Å². The molecule has 0 atom stereocenters. The van der Waals surface area contributed by atoms with Gasteiger partial charge in [0.2, 0.25) is 5.95 Å². The Morgan fingerprint density at radius 1 is 1.08 bits per heavy atom. The molecular weight excluding hydrogens is 298 g/mol. The van der Waals surface area contributed by atoms with Gasteiger partial charge in [-0.15, -0.1) is 5.10 Å². The van der Waals surface area contributed by atoms with Crippen LogP contribution in [0.25, 0.3) is 0 Å². The lowest BCUT2D eigenvalue weighted by Crippen LogP contribution is -2.36. The summed E-state index contributed by atoms with van der Waals surface area (Å²) in [5.74, 6) is 2.46. The average molecular weight is 325 g/mol. The molecule has 1 aromatic heterocycles. The smallest absolute Gasteiger partial charge is 0.247 e. The van der Waals surface area contributed by atoms with E-state index in [0.29, 0.717) is 0 Å². The molecule has 1 saturated heterocycles. The number of hydrogen-bond donors (Lipinski definition) is 0. The molecule has 0 unspecified atom stereocenters. The highest BCUT2D eigenvalue weighted by Crippen LogP contribution is 2.24. The van der Waals surface area contributed by atoms with Gasteiger partial charge < -0.3 is 9.80 Å². The topological polar surface area (TPSA) is 45.2 Å². The van der Waals surface area contributed by atoms with Crippen LogP contribution in [0.3, 0.4) is 0 Å². The van der Waals surface area contributed by atoms with Crippen LogP contribution >= 0.6 is 0 Å². The van der Waals surface area contributed by atoms with Crippen molar-refractivity contribution in [1.82, 2.24) is 15.2 Å². The van der Waals surface area contributed by atoms with E-state index in [-0.39, 0.29) is 0 Å². The molecule has 0 aliphatic carbocycles. The lowest BCUT2D eigenvalue weighted by Gasteiger charge is -2.32. The SMILES string of the molecule is CCN(CC)c1cnnc(N2CCC(Cc3ccccc3)CC2)n1. The number of hydrogen-bond acceptors (Lipinski definition) is 5. The minimum atomic E-state index is 0.752. The van der Waals surface area contributed by atoms with E-state index in [4.69, 9.17) is 4.98 Å². The van der Waals surface area contributed by atoms with E-state index in [0.717, 1.165) is 43.9 Å². The first-order valence-corrected chi connectivity index (χ1v) is 9.03. The summed E-state index contributed by atoms with van der Waals surface area (Å²) in [6.45, 7) is 8.18. The number of aromatic nitrogens is 3. The Hall–Kier alpha value is -2.17. The van der Waals surface area contributed by atoms with Crippen LogP contribution in [0.5, 0.6) is 0 Å². The molecule has 0 amide bonds. The van der Waals surface area contributed by atoms with Crippen molar-refractivity contribution in [2.75, 3.05) is 36.0 Å². The zero-order valence-corrected chi connectivity index (χ0v) is 14.7. The quantitative estimate of drug-likeness (QED) is 0.816. The van der Waals surface area contributed by atoms with Crippen molar-refractivity contribution in [1.29, 1.82) is 0 Å². The normalized spacial score (nSPS) is 15.5. The molecular formula is C19H27N5. The highest BCUT2D eigenvalue weighted by Gasteiger charge is 2.22. The number of anilines is 2. The van der Waals surface area contributed by atoms with Crippen molar-refractivity contribution in [2.24, 2.45) is 5.92 Å². The third-order valence-corrected chi connectivity index (χ3v) is 4.89. The number of nitrogens with zero attached hydrogens (tertiary/aromatic N) is 5. The first kappa shape index (κ1) is 16.7. The van der Waals surface area contributed by atoms with Crippen molar-refractivity contribution in [3.63, 3.8) is 0 Å². The molecule has 2 aromatic rings. The lowest BCUT2D eigenvalue weighted by molar-refractivity contribution is 0.400. The van der Waals surface area contributed by atoms with Gasteiger partial charge in [0.15, 0.2) is 5.82 Å². The molecule has 1 aliphatic rings. The van der Waals surface area contributed by atoms with Crippen LogP contribution in [0, 0.1) is 5.92 Å². The van der Waals surface area contributed by atoms with Crippen molar-refractivity contribution in [3.05, 3.63) is 42.1 Å². The molecule has 0 radical (unpaired) electrons. The van der Waals surface area contributed by atoms with Gasteiger partial charge in [-0.3, -0.25) is 0 Å². The Bertz CT molecular complexity index is 619. The van der Waals surface area contributed by atoms with Gasteiger partial charge in [0.25, 0.3) is 0 Å². The fourth-order valence-electron chi connectivity index (χ4n) is 3.40. The largest absolute Gasteiger partial charge is 0.356 e. The maximum atomic E-state index is 4.73. The fraction of sp³-hybridized carbons (Fsp3) is 0.526. The third-order valence-electron chi connectivity index (χ3n) is 4.89. The molecule has 5 nitrogen and oxygen atoms in total. The van der Waals surface area contributed by atoms with E-state index in [1.807, 2.05) is 0 Å². The predicted octanol–water partition coefficient (Wildman–Crippen LogP) is 3.18. The summed E-state index contributed by atoms with van der Waals surface area (Å²) in [5, 5.41) is 8.43. The molecule has 2 heterocycles. The molecule has 1 fully saturated rings. The number of piperidine rings is 1. The van der Waals surface area contributed by atoms with E-state index in [9.17, 15) is 0 Å². The molecule has 0 spiro atoms. The van der Waals surface area contributed by atoms with Gasteiger partial charge in [0.1, 0.15) is 0 Å². The van der Waals surface area contributed by atoms with E-state index in [1.54, 1.807) is 6.20 Å². The van der Waals surface area contributed by atoms with Gasteiger partial charge in [-0.1, -0.05) is 30.3 Å². The van der Waals surface area contributed by atoms with Crippen LogP contribution in [0.2, 0.25) is 0 Å². The van der Waals surface area contributed by atoms with E-state index in [1.165, 1.54) is 24.8 Å². The average Bonchev–Trinajstić information content (AvgIpc) is 2.65. The van der Waals surface area contributed by atoms with Crippen molar-refractivity contribution >= 4 is 11.8 Å². The fourth-order valence-corrected chi connectivity index (χ4v) is 3.40. The molecule has 0 saturated carbocycles. The second kappa shape index (κ2) is 8.08. The van der Waals surface area contributed by atoms with E-state index >= 15 is 0 Å². The van der Waals surface area contributed by atoms with Crippen LogP contribution < -0.4 is 9.80 Å². The van der Waals surface area contributed by atoms with Crippen molar-refractivity contribution in [3.8, 4) is 0 Å². The van der Waals surface area contributed by atoms with E-state index in [2.05, 4.69) is 64.2 Å². The van der Waals surface area contributed by atoms with Gasteiger partial charge in [0.05, 0.1) is 6.20 Å². The van der Waals surface area contributed by atoms with Gasteiger partial charge in [-0.2, -0.15) is 10.1 Å². The van der Waals surface area contributed by atoms with Gasteiger partial charge in [0, 0.05) is 26.2 Å². The summed E-state index contributed by atoms with van der Waals surface area (Å²) >= 11 is 0. The highest BCUT2D eigenvalue weighted by molar-refractivity contribution is 5.41. The standard InChI is InChI=1S/C19H27N5/c1-3-23(4-2)18-15-20-22-19(21-18)24-12-10-17(11-13-24)14-16-8-6-5-7-9-16/h5-9,15,17H,3-4,10-14H2,1-2H3. The summed E-state index contributed by atoms with van der Waals surface area (Å²) in [6.07, 6.45) is 5.31. The summed E-state index contributed by atoms with van der Waals surface area (Å²) in [5.41, 5.74) is 1.44.